The van der Waals surface area contributed by atoms with E-state index in [4.69, 9.17) is 5.11 Å². The van der Waals surface area contributed by atoms with Crippen LogP contribution in [0.25, 0.3) is 0 Å². The van der Waals surface area contributed by atoms with Crippen molar-refractivity contribution in [3.8, 4) is 0 Å². The zero-order valence-corrected chi connectivity index (χ0v) is 10.7. The van der Waals surface area contributed by atoms with Crippen molar-refractivity contribution in [3.05, 3.63) is 0 Å². The highest BCUT2D eigenvalue weighted by molar-refractivity contribution is 7.55. The molecular formula is C9H17F2O5P. The Bertz CT molecular complexity index is 289. The first-order chi connectivity index (χ1) is 7.87. The number of alkyl halides is 2. The monoisotopic (exact) mass is 274 g/mol. The third-order valence-electron chi connectivity index (χ3n) is 2.35. The topological polar surface area (TPSA) is 65.0 Å². The van der Waals surface area contributed by atoms with Crippen molar-refractivity contribution in [2.24, 2.45) is 0 Å². The summed E-state index contributed by atoms with van der Waals surface area (Å²) < 4.78 is 53.8. The molecule has 0 bridgehead atoms. The van der Waals surface area contributed by atoms with Crippen LogP contribution in [-0.4, -0.2) is 36.4 Å². The SMILES string of the molecule is CCOP(=O)(OCC)C(F)(F)[C@H]1CCC(O)O1. The van der Waals surface area contributed by atoms with Gasteiger partial charge in [0.2, 0.25) is 0 Å². The predicted molar refractivity (Wildman–Crippen MR) is 55.9 cm³/mol. The number of ether oxygens (including phenoxy) is 1. The maximum Gasteiger partial charge on any atom is 0.402 e. The van der Waals surface area contributed by atoms with Crippen molar-refractivity contribution in [3.63, 3.8) is 0 Å². The van der Waals surface area contributed by atoms with Gasteiger partial charge in [-0.2, -0.15) is 8.78 Å². The van der Waals surface area contributed by atoms with Gasteiger partial charge in [0, 0.05) is 6.42 Å². The van der Waals surface area contributed by atoms with E-state index in [1.807, 2.05) is 0 Å². The first kappa shape index (κ1) is 15.0. The summed E-state index contributed by atoms with van der Waals surface area (Å²) in [6, 6.07) is 0. The molecule has 0 radical (unpaired) electrons. The second-order valence-electron chi connectivity index (χ2n) is 3.58. The first-order valence-corrected chi connectivity index (χ1v) is 7.02. The van der Waals surface area contributed by atoms with Crippen LogP contribution in [0.3, 0.4) is 0 Å². The highest BCUT2D eigenvalue weighted by Gasteiger charge is 2.61. The molecule has 0 aromatic carbocycles. The molecule has 1 N–H and O–H groups in total. The number of hydrogen-bond acceptors (Lipinski definition) is 5. The van der Waals surface area contributed by atoms with Gasteiger partial charge in [0.1, 0.15) is 6.10 Å². The van der Waals surface area contributed by atoms with Crippen LogP contribution in [0.5, 0.6) is 0 Å². The quantitative estimate of drug-likeness (QED) is 0.753. The van der Waals surface area contributed by atoms with Crippen LogP contribution < -0.4 is 0 Å². The summed E-state index contributed by atoms with van der Waals surface area (Å²) in [5.74, 6) is 0. The van der Waals surface area contributed by atoms with Gasteiger partial charge in [0.05, 0.1) is 13.2 Å². The van der Waals surface area contributed by atoms with Crippen LogP contribution in [0, 0.1) is 0 Å². The van der Waals surface area contributed by atoms with E-state index < -0.39 is 25.7 Å². The average molecular weight is 274 g/mol. The van der Waals surface area contributed by atoms with Crippen molar-refractivity contribution in [1.82, 2.24) is 0 Å². The van der Waals surface area contributed by atoms with Gasteiger partial charge in [0.15, 0.2) is 6.29 Å². The van der Waals surface area contributed by atoms with Gasteiger partial charge >= 0.3 is 13.3 Å². The minimum atomic E-state index is -4.57. The van der Waals surface area contributed by atoms with Crippen LogP contribution in [0.15, 0.2) is 0 Å². The summed E-state index contributed by atoms with van der Waals surface area (Å²) in [6.07, 6.45) is -2.89. The molecule has 17 heavy (non-hydrogen) atoms. The Balaban J connectivity index is 2.87. The number of halogens is 2. The van der Waals surface area contributed by atoms with Gasteiger partial charge in [-0.25, -0.2) is 0 Å². The average Bonchev–Trinajstić information content (AvgIpc) is 2.66. The Hall–Kier alpha value is -0.0700. The molecule has 0 aliphatic carbocycles. The molecule has 1 aliphatic rings. The molecule has 1 unspecified atom stereocenters. The van der Waals surface area contributed by atoms with E-state index in [0.717, 1.165) is 0 Å². The maximum atomic E-state index is 14.0. The standard InChI is InChI=1S/C9H17F2O5P/c1-3-14-17(13,15-4-2)9(10,11)7-5-6-8(12)16-7/h7-8,12H,3-6H2,1-2H3/t7-,8?/m1/s1. The highest BCUT2D eigenvalue weighted by atomic mass is 31.2. The summed E-state index contributed by atoms with van der Waals surface area (Å²) in [5.41, 5.74) is -3.75. The van der Waals surface area contributed by atoms with Gasteiger partial charge in [-0.15, -0.1) is 0 Å². The maximum absolute atomic E-state index is 14.0. The van der Waals surface area contributed by atoms with E-state index in [2.05, 4.69) is 13.8 Å². The lowest BCUT2D eigenvalue weighted by molar-refractivity contribution is -0.150. The van der Waals surface area contributed by atoms with Crippen molar-refractivity contribution in [2.45, 2.75) is 44.7 Å². The van der Waals surface area contributed by atoms with E-state index in [9.17, 15) is 13.3 Å². The summed E-state index contributed by atoms with van der Waals surface area (Å²) in [6.45, 7) is 2.60. The molecule has 5 nitrogen and oxygen atoms in total. The summed E-state index contributed by atoms with van der Waals surface area (Å²) in [5, 5.41) is 9.06. The zero-order chi connectivity index (χ0) is 13.1. The molecule has 8 heteroatoms. The molecule has 1 heterocycles. The summed E-state index contributed by atoms with van der Waals surface area (Å²) in [4.78, 5) is 0. The lowest BCUT2D eigenvalue weighted by Gasteiger charge is -2.29. The van der Waals surface area contributed by atoms with Gasteiger partial charge in [-0.05, 0) is 20.3 Å². The third kappa shape index (κ3) is 3.03. The zero-order valence-electron chi connectivity index (χ0n) is 9.77. The number of hydrogen-bond donors (Lipinski definition) is 1. The fourth-order valence-corrected chi connectivity index (χ4v) is 3.24. The highest BCUT2D eigenvalue weighted by Crippen LogP contribution is 2.64. The van der Waals surface area contributed by atoms with E-state index in [0.29, 0.717) is 0 Å². The molecular weight excluding hydrogens is 257 g/mol. The summed E-state index contributed by atoms with van der Waals surface area (Å²) >= 11 is 0. The molecule has 0 aromatic rings. The van der Waals surface area contributed by atoms with Crippen LogP contribution in [0.2, 0.25) is 0 Å². The minimum absolute atomic E-state index is 0.0819. The van der Waals surface area contributed by atoms with Gasteiger partial charge < -0.3 is 18.9 Å². The van der Waals surface area contributed by atoms with E-state index in [1.165, 1.54) is 13.8 Å². The Kier molecular flexibility index (Phi) is 5.04. The van der Waals surface area contributed by atoms with Gasteiger partial charge in [-0.3, -0.25) is 4.57 Å². The molecule has 1 rings (SSSR count). The fourth-order valence-electron chi connectivity index (χ4n) is 1.60. The molecule has 1 aliphatic heterocycles. The largest absolute Gasteiger partial charge is 0.402 e. The molecule has 1 fully saturated rings. The molecule has 2 atom stereocenters. The Morgan fingerprint density at radius 2 is 1.88 bits per heavy atom. The molecule has 0 saturated carbocycles. The van der Waals surface area contributed by atoms with Crippen LogP contribution in [0.4, 0.5) is 8.78 Å². The summed E-state index contributed by atoms with van der Waals surface area (Å²) in [7, 11) is -4.57. The minimum Gasteiger partial charge on any atom is -0.368 e. The van der Waals surface area contributed by atoms with E-state index >= 15 is 0 Å². The van der Waals surface area contributed by atoms with Gasteiger partial charge in [-0.1, -0.05) is 0 Å². The van der Waals surface area contributed by atoms with E-state index in [-0.39, 0.29) is 26.1 Å². The van der Waals surface area contributed by atoms with Crippen LogP contribution >= 0.6 is 7.60 Å². The second kappa shape index (κ2) is 5.71. The number of aliphatic hydroxyl groups is 1. The van der Waals surface area contributed by atoms with Crippen LogP contribution in [-0.2, 0) is 18.3 Å². The molecule has 0 amide bonds. The fraction of sp³-hybridized carbons (Fsp3) is 1.00. The molecule has 1 saturated heterocycles. The van der Waals surface area contributed by atoms with E-state index in [1.54, 1.807) is 0 Å². The van der Waals surface area contributed by atoms with Crippen molar-refractivity contribution in [2.75, 3.05) is 13.2 Å². The van der Waals surface area contributed by atoms with Crippen molar-refractivity contribution in [1.29, 1.82) is 0 Å². The first-order valence-electron chi connectivity index (χ1n) is 5.48. The Morgan fingerprint density at radius 3 is 2.24 bits per heavy atom. The number of aliphatic hydroxyl groups excluding tert-OH is 1. The molecule has 0 aromatic heterocycles. The van der Waals surface area contributed by atoms with Crippen molar-refractivity contribution < 1.29 is 32.2 Å². The molecule has 0 spiro atoms. The normalized spacial score (nSPS) is 26.4. The molecule has 102 valence electrons. The Labute approximate surface area is 98.6 Å². The number of rotatable bonds is 6. The second-order valence-corrected chi connectivity index (χ2v) is 5.69. The Morgan fingerprint density at radius 1 is 1.35 bits per heavy atom. The van der Waals surface area contributed by atoms with Crippen LogP contribution in [0.1, 0.15) is 26.7 Å². The lowest BCUT2D eigenvalue weighted by atomic mass is 10.2. The smallest absolute Gasteiger partial charge is 0.368 e. The third-order valence-corrected chi connectivity index (χ3v) is 4.56. The van der Waals surface area contributed by atoms with Gasteiger partial charge in [0.25, 0.3) is 0 Å². The lowest BCUT2D eigenvalue weighted by Crippen LogP contribution is -2.35. The predicted octanol–water partition coefficient (Wildman–Crippen LogP) is 2.34. The van der Waals surface area contributed by atoms with Crippen molar-refractivity contribution >= 4 is 7.60 Å².